The van der Waals surface area contributed by atoms with Crippen LogP contribution in [-0.4, -0.2) is 39.0 Å². The third-order valence-electron chi connectivity index (χ3n) is 5.94. The summed E-state index contributed by atoms with van der Waals surface area (Å²) in [6.45, 7) is 8.34. The third-order valence-corrected chi connectivity index (χ3v) is 5.94. The van der Waals surface area contributed by atoms with Crippen LogP contribution in [0, 0.1) is 0 Å². The van der Waals surface area contributed by atoms with Crippen molar-refractivity contribution in [1.29, 1.82) is 0 Å². The second kappa shape index (κ2) is 7.28. The van der Waals surface area contributed by atoms with Gasteiger partial charge < -0.3 is 15.0 Å². The quantitative estimate of drug-likeness (QED) is 0.857. The number of carbonyl (C=O) groups excluding carboxylic acids is 1. The van der Waals surface area contributed by atoms with Crippen LogP contribution in [-0.2, 0) is 11.8 Å². The molecule has 7 heteroatoms. The number of methoxy groups -OCH3 is 1. The molecule has 0 aliphatic carbocycles. The molecule has 7 nitrogen and oxygen atoms in total. The molecule has 4 rings (SSSR count). The van der Waals surface area contributed by atoms with E-state index >= 15 is 0 Å². The summed E-state index contributed by atoms with van der Waals surface area (Å²) in [6.07, 6.45) is 8.06. The number of ether oxygens (including phenoxy) is 1. The number of carbonyl (C=O) groups is 1. The first-order valence-corrected chi connectivity index (χ1v) is 10.2. The molecule has 1 N–H and O–H groups in total. The van der Waals surface area contributed by atoms with Crippen LogP contribution in [0.3, 0.4) is 0 Å². The minimum Gasteiger partial charge on any atom is -0.495 e. The average Bonchev–Trinajstić information content (AvgIpc) is 3.01. The van der Waals surface area contributed by atoms with Crippen molar-refractivity contribution in [3.63, 3.8) is 0 Å². The zero-order valence-electron chi connectivity index (χ0n) is 17.8. The van der Waals surface area contributed by atoms with Crippen LogP contribution in [0.1, 0.15) is 75.3 Å². The van der Waals surface area contributed by atoms with Crippen molar-refractivity contribution in [2.75, 3.05) is 7.11 Å². The Morgan fingerprint density at radius 2 is 2.10 bits per heavy atom. The lowest BCUT2D eigenvalue weighted by Crippen LogP contribution is -2.48. The average molecular weight is 396 g/mol. The number of pyridine rings is 1. The van der Waals surface area contributed by atoms with E-state index in [1.807, 2.05) is 24.1 Å². The van der Waals surface area contributed by atoms with Crippen LogP contribution in [0.5, 0.6) is 5.75 Å². The summed E-state index contributed by atoms with van der Waals surface area (Å²) in [5, 5.41) is 3.15. The molecule has 2 amide bonds. The standard InChI is InChI=1S/C22H29N5O2/c1-13(15-8-9-23-12-19(15)29-5)25-21(28)27-14-6-7-18(27)16-11-24-20(22(2,3)4)26-17(16)10-14/h8-9,11-14,18H,6-7,10H2,1-5H3,(H,25,28). The molecule has 29 heavy (non-hydrogen) atoms. The molecule has 2 aromatic heterocycles. The topological polar surface area (TPSA) is 80.2 Å². The zero-order valence-corrected chi connectivity index (χ0v) is 17.8. The Morgan fingerprint density at radius 1 is 1.31 bits per heavy atom. The molecule has 0 aromatic carbocycles. The maximum Gasteiger partial charge on any atom is 0.318 e. The SMILES string of the molecule is COc1cnccc1C(C)NC(=O)N1C2CCC1c1cnc(C(C)(C)C)nc1C2. The number of fused-ring (bicyclic) bond motifs is 4. The number of nitrogens with zero attached hydrogens (tertiary/aromatic N) is 4. The number of rotatable bonds is 3. The minimum absolute atomic E-state index is 0.0457. The van der Waals surface area contributed by atoms with Gasteiger partial charge in [-0.05, 0) is 25.8 Å². The van der Waals surface area contributed by atoms with E-state index in [1.165, 1.54) is 0 Å². The minimum atomic E-state index is -0.180. The van der Waals surface area contributed by atoms with Crippen LogP contribution in [0.4, 0.5) is 4.79 Å². The highest BCUT2D eigenvalue weighted by Crippen LogP contribution is 2.43. The Bertz CT molecular complexity index is 924. The van der Waals surface area contributed by atoms with Crippen molar-refractivity contribution in [2.24, 2.45) is 0 Å². The molecule has 0 spiro atoms. The van der Waals surface area contributed by atoms with Gasteiger partial charge in [0, 0.05) is 41.4 Å². The first-order valence-electron chi connectivity index (χ1n) is 10.2. The van der Waals surface area contributed by atoms with E-state index in [4.69, 9.17) is 9.72 Å². The normalized spacial score (nSPS) is 21.5. The van der Waals surface area contributed by atoms with E-state index in [9.17, 15) is 4.79 Å². The van der Waals surface area contributed by atoms with Gasteiger partial charge in [0.05, 0.1) is 31.1 Å². The summed E-state index contributed by atoms with van der Waals surface area (Å²) in [5.41, 5.74) is 3.03. The van der Waals surface area contributed by atoms with Gasteiger partial charge in [-0.3, -0.25) is 4.98 Å². The lowest BCUT2D eigenvalue weighted by Gasteiger charge is -2.37. The summed E-state index contributed by atoms with van der Waals surface area (Å²) in [7, 11) is 1.61. The maximum atomic E-state index is 13.2. The van der Waals surface area contributed by atoms with Gasteiger partial charge in [0.25, 0.3) is 0 Å². The summed E-state index contributed by atoms with van der Waals surface area (Å²) in [6, 6.07) is 1.88. The molecule has 154 valence electrons. The molecule has 3 unspecified atom stereocenters. The van der Waals surface area contributed by atoms with E-state index < -0.39 is 0 Å². The third kappa shape index (κ3) is 3.54. The summed E-state index contributed by atoms with van der Waals surface area (Å²) in [5.74, 6) is 1.54. The van der Waals surface area contributed by atoms with Crippen molar-refractivity contribution in [2.45, 2.75) is 70.5 Å². The Labute approximate surface area is 171 Å². The van der Waals surface area contributed by atoms with Gasteiger partial charge in [-0.15, -0.1) is 0 Å². The molecule has 1 saturated heterocycles. The van der Waals surface area contributed by atoms with Crippen LogP contribution in [0.2, 0.25) is 0 Å². The molecule has 1 fully saturated rings. The van der Waals surface area contributed by atoms with Crippen molar-refractivity contribution < 1.29 is 9.53 Å². The smallest absolute Gasteiger partial charge is 0.318 e. The van der Waals surface area contributed by atoms with Gasteiger partial charge in [-0.2, -0.15) is 0 Å². The maximum absolute atomic E-state index is 13.2. The van der Waals surface area contributed by atoms with Crippen molar-refractivity contribution in [1.82, 2.24) is 25.2 Å². The molecule has 0 saturated carbocycles. The predicted octanol–water partition coefficient (Wildman–Crippen LogP) is 3.71. The van der Waals surface area contributed by atoms with Gasteiger partial charge in [-0.1, -0.05) is 20.8 Å². The molecular weight excluding hydrogens is 366 g/mol. The first kappa shape index (κ1) is 19.6. The van der Waals surface area contributed by atoms with Crippen LogP contribution in [0.15, 0.2) is 24.7 Å². The molecule has 0 radical (unpaired) electrons. The lowest BCUT2D eigenvalue weighted by molar-refractivity contribution is 0.161. The van der Waals surface area contributed by atoms with E-state index in [0.29, 0.717) is 5.75 Å². The van der Waals surface area contributed by atoms with Crippen molar-refractivity contribution in [3.05, 3.63) is 47.3 Å². The zero-order chi connectivity index (χ0) is 20.8. The van der Waals surface area contributed by atoms with E-state index in [-0.39, 0.29) is 29.6 Å². The lowest BCUT2D eigenvalue weighted by atomic mass is 9.93. The summed E-state index contributed by atoms with van der Waals surface area (Å²) in [4.78, 5) is 28.7. The Hall–Kier alpha value is -2.70. The van der Waals surface area contributed by atoms with Gasteiger partial charge in [0.1, 0.15) is 11.6 Å². The van der Waals surface area contributed by atoms with Crippen LogP contribution < -0.4 is 10.1 Å². The Kier molecular flexibility index (Phi) is 4.92. The van der Waals surface area contributed by atoms with E-state index in [2.05, 4.69) is 36.1 Å². The number of aromatic nitrogens is 3. The summed E-state index contributed by atoms with van der Waals surface area (Å²) < 4.78 is 5.39. The largest absolute Gasteiger partial charge is 0.495 e. The highest BCUT2D eigenvalue weighted by Gasteiger charge is 2.44. The van der Waals surface area contributed by atoms with Crippen LogP contribution in [0.25, 0.3) is 0 Å². The second-order valence-corrected chi connectivity index (χ2v) is 8.99. The number of hydrogen-bond donors (Lipinski definition) is 1. The van der Waals surface area contributed by atoms with Gasteiger partial charge >= 0.3 is 6.03 Å². The highest BCUT2D eigenvalue weighted by molar-refractivity contribution is 5.76. The number of amides is 2. The van der Waals surface area contributed by atoms with Gasteiger partial charge in [0.2, 0.25) is 0 Å². The van der Waals surface area contributed by atoms with E-state index in [0.717, 1.165) is 41.9 Å². The molecule has 3 atom stereocenters. The molecule has 4 heterocycles. The summed E-state index contributed by atoms with van der Waals surface area (Å²) >= 11 is 0. The van der Waals surface area contributed by atoms with E-state index in [1.54, 1.807) is 19.5 Å². The monoisotopic (exact) mass is 395 g/mol. The fourth-order valence-corrected chi connectivity index (χ4v) is 4.41. The van der Waals surface area contributed by atoms with Crippen LogP contribution >= 0.6 is 0 Å². The Balaban J connectivity index is 1.55. The fraction of sp³-hybridized carbons (Fsp3) is 0.545. The molecule has 2 aliphatic heterocycles. The molecule has 2 aliphatic rings. The second-order valence-electron chi connectivity index (χ2n) is 8.99. The van der Waals surface area contributed by atoms with Gasteiger partial charge in [-0.25, -0.2) is 14.8 Å². The number of nitrogens with one attached hydrogen (secondary N) is 1. The molecule has 2 bridgehead atoms. The highest BCUT2D eigenvalue weighted by atomic mass is 16.5. The van der Waals surface area contributed by atoms with Gasteiger partial charge in [0.15, 0.2) is 0 Å². The molecular formula is C22H29N5O2. The predicted molar refractivity (Wildman–Crippen MR) is 110 cm³/mol. The molecule has 2 aromatic rings. The fourth-order valence-electron chi connectivity index (χ4n) is 4.41. The van der Waals surface area contributed by atoms with Crippen molar-refractivity contribution in [3.8, 4) is 5.75 Å². The number of hydrogen-bond acceptors (Lipinski definition) is 5. The van der Waals surface area contributed by atoms with Crippen molar-refractivity contribution >= 4 is 6.03 Å². The number of urea groups is 1. The Morgan fingerprint density at radius 3 is 2.83 bits per heavy atom. The first-order chi connectivity index (χ1) is 13.8.